The van der Waals surface area contributed by atoms with Crippen LogP contribution in [0.3, 0.4) is 0 Å². The summed E-state index contributed by atoms with van der Waals surface area (Å²) in [6, 6.07) is 1.90. The second-order valence-electron chi connectivity index (χ2n) is 3.65. The van der Waals surface area contributed by atoms with Crippen LogP contribution < -0.4 is 5.73 Å². The van der Waals surface area contributed by atoms with E-state index in [1.165, 1.54) is 7.11 Å². The summed E-state index contributed by atoms with van der Waals surface area (Å²) < 4.78 is 6.28. The van der Waals surface area contributed by atoms with Gasteiger partial charge in [-0.15, -0.1) is 0 Å². The molecule has 84 valence electrons. The zero-order valence-electron chi connectivity index (χ0n) is 9.36. The molecule has 0 aliphatic rings. The maximum Gasteiger partial charge on any atom is 0.358 e. The van der Waals surface area contributed by atoms with Gasteiger partial charge in [-0.2, -0.15) is 5.10 Å². The summed E-state index contributed by atoms with van der Waals surface area (Å²) in [5.74, 6) is -0.405. The molecule has 0 saturated carbocycles. The van der Waals surface area contributed by atoms with Crippen LogP contribution in [-0.4, -0.2) is 28.9 Å². The van der Waals surface area contributed by atoms with Crippen molar-refractivity contribution in [1.82, 2.24) is 9.78 Å². The van der Waals surface area contributed by atoms with Crippen LogP contribution >= 0.6 is 0 Å². The first-order valence-corrected chi connectivity index (χ1v) is 4.91. The zero-order chi connectivity index (χ0) is 11.4. The fraction of sp³-hybridized carbons (Fsp3) is 0.600. The fourth-order valence-electron chi connectivity index (χ4n) is 1.32. The Balaban J connectivity index is 2.73. The first-order valence-electron chi connectivity index (χ1n) is 4.91. The van der Waals surface area contributed by atoms with Crippen LogP contribution in [0.4, 0.5) is 0 Å². The Labute approximate surface area is 89.2 Å². The number of nitrogens with zero attached hydrogens (tertiary/aromatic N) is 2. The van der Waals surface area contributed by atoms with Crippen molar-refractivity contribution in [3.63, 3.8) is 0 Å². The van der Waals surface area contributed by atoms with Crippen molar-refractivity contribution < 1.29 is 9.53 Å². The van der Waals surface area contributed by atoms with E-state index in [2.05, 4.69) is 9.84 Å². The van der Waals surface area contributed by atoms with E-state index in [4.69, 9.17) is 5.73 Å². The van der Waals surface area contributed by atoms with E-state index in [0.717, 1.165) is 18.5 Å². The van der Waals surface area contributed by atoms with Crippen LogP contribution in [0.2, 0.25) is 0 Å². The second-order valence-corrected chi connectivity index (χ2v) is 3.65. The molecule has 0 fully saturated rings. The van der Waals surface area contributed by atoms with Gasteiger partial charge in [0.2, 0.25) is 0 Å². The Kier molecular flexibility index (Phi) is 3.85. The van der Waals surface area contributed by atoms with Gasteiger partial charge in [-0.3, -0.25) is 4.68 Å². The van der Waals surface area contributed by atoms with Crippen LogP contribution in [0.1, 0.15) is 29.5 Å². The number of aryl methyl sites for hydroxylation is 2. The summed E-state index contributed by atoms with van der Waals surface area (Å²) in [7, 11) is 3.15. The molecule has 1 unspecified atom stereocenters. The summed E-state index contributed by atoms with van der Waals surface area (Å²) >= 11 is 0. The highest BCUT2D eigenvalue weighted by Gasteiger charge is 2.12. The fourth-order valence-corrected chi connectivity index (χ4v) is 1.32. The van der Waals surface area contributed by atoms with Crippen LogP contribution in [0.15, 0.2) is 6.07 Å². The Morgan fingerprint density at radius 2 is 2.40 bits per heavy atom. The molecule has 1 heterocycles. The van der Waals surface area contributed by atoms with E-state index in [0.29, 0.717) is 5.69 Å². The molecule has 2 N–H and O–H groups in total. The summed E-state index contributed by atoms with van der Waals surface area (Å²) in [5, 5.41) is 4.06. The van der Waals surface area contributed by atoms with Gasteiger partial charge in [0.25, 0.3) is 0 Å². The second kappa shape index (κ2) is 4.93. The van der Waals surface area contributed by atoms with Crippen molar-refractivity contribution in [2.45, 2.75) is 25.8 Å². The number of hydrogen-bond acceptors (Lipinski definition) is 4. The van der Waals surface area contributed by atoms with Crippen molar-refractivity contribution in [3.05, 3.63) is 17.5 Å². The molecule has 1 aromatic heterocycles. The molecule has 0 saturated heterocycles. The number of ether oxygens (including phenoxy) is 1. The van der Waals surface area contributed by atoms with Gasteiger partial charge in [0, 0.05) is 18.8 Å². The van der Waals surface area contributed by atoms with Crippen molar-refractivity contribution in [1.29, 1.82) is 0 Å². The molecule has 5 nitrogen and oxygen atoms in total. The number of methoxy groups -OCH3 is 1. The van der Waals surface area contributed by atoms with E-state index in [1.807, 2.05) is 14.0 Å². The molecule has 0 aromatic carbocycles. The van der Waals surface area contributed by atoms with Gasteiger partial charge in [-0.25, -0.2) is 4.79 Å². The summed E-state index contributed by atoms with van der Waals surface area (Å²) in [4.78, 5) is 11.2. The average Bonchev–Trinajstić information content (AvgIpc) is 2.55. The lowest BCUT2D eigenvalue weighted by Gasteiger charge is -2.04. The lowest BCUT2D eigenvalue weighted by molar-refractivity contribution is 0.0593. The third kappa shape index (κ3) is 3.06. The molecule has 0 amide bonds. The van der Waals surface area contributed by atoms with Crippen LogP contribution in [0.5, 0.6) is 0 Å². The third-order valence-corrected chi connectivity index (χ3v) is 2.23. The normalized spacial score (nSPS) is 12.5. The molecule has 1 aromatic rings. The van der Waals surface area contributed by atoms with E-state index in [9.17, 15) is 4.79 Å². The van der Waals surface area contributed by atoms with Crippen molar-refractivity contribution in [3.8, 4) is 0 Å². The Bertz CT molecular complexity index is 344. The third-order valence-electron chi connectivity index (χ3n) is 2.23. The molecule has 0 radical (unpaired) electrons. The summed E-state index contributed by atoms with van der Waals surface area (Å²) in [5.41, 5.74) is 7.00. The quantitative estimate of drug-likeness (QED) is 0.736. The Morgan fingerprint density at radius 1 is 1.73 bits per heavy atom. The highest BCUT2D eigenvalue weighted by Crippen LogP contribution is 2.07. The van der Waals surface area contributed by atoms with Gasteiger partial charge in [0.05, 0.1) is 7.11 Å². The first-order chi connectivity index (χ1) is 7.04. The van der Waals surface area contributed by atoms with Crippen molar-refractivity contribution in [2.75, 3.05) is 7.11 Å². The zero-order valence-corrected chi connectivity index (χ0v) is 9.36. The van der Waals surface area contributed by atoms with Gasteiger partial charge in [-0.05, 0) is 25.8 Å². The van der Waals surface area contributed by atoms with Gasteiger partial charge in [0.1, 0.15) is 0 Å². The molecule has 0 bridgehead atoms. The molecule has 1 rings (SSSR count). The highest BCUT2D eigenvalue weighted by molar-refractivity contribution is 5.87. The highest BCUT2D eigenvalue weighted by atomic mass is 16.5. The molecule has 15 heavy (non-hydrogen) atoms. The van der Waals surface area contributed by atoms with Gasteiger partial charge in [0.15, 0.2) is 5.69 Å². The summed E-state index contributed by atoms with van der Waals surface area (Å²) in [6.07, 6.45) is 1.69. The van der Waals surface area contributed by atoms with Gasteiger partial charge in [-0.1, -0.05) is 0 Å². The largest absolute Gasteiger partial charge is 0.464 e. The topological polar surface area (TPSA) is 70.1 Å². The number of nitrogens with two attached hydrogens (primary N) is 1. The standard InChI is InChI=1S/C10H17N3O2/c1-7(11)4-5-8-6-9(10(14)15-3)12-13(8)2/h6-7H,4-5,11H2,1-3H3. The lowest BCUT2D eigenvalue weighted by atomic mass is 10.1. The molecule has 5 heteroatoms. The Hall–Kier alpha value is -1.36. The van der Waals surface area contributed by atoms with Crippen LogP contribution in [0.25, 0.3) is 0 Å². The lowest BCUT2D eigenvalue weighted by Crippen LogP contribution is -2.16. The number of aromatic nitrogens is 2. The number of carbonyl (C=O) groups is 1. The average molecular weight is 211 g/mol. The maximum absolute atomic E-state index is 11.2. The van der Waals surface area contributed by atoms with E-state index < -0.39 is 5.97 Å². The minimum atomic E-state index is -0.405. The molecule has 0 aliphatic carbocycles. The molecular formula is C10H17N3O2. The predicted octanol–water partition coefficient (Wildman–Crippen LogP) is 0.486. The number of carbonyl (C=O) groups excluding carboxylic acids is 1. The van der Waals surface area contributed by atoms with E-state index in [1.54, 1.807) is 10.7 Å². The van der Waals surface area contributed by atoms with E-state index >= 15 is 0 Å². The SMILES string of the molecule is COC(=O)c1cc(CCC(C)N)n(C)n1. The summed E-state index contributed by atoms with van der Waals surface area (Å²) in [6.45, 7) is 1.96. The first kappa shape index (κ1) is 11.7. The monoisotopic (exact) mass is 211 g/mol. The molecule has 1 atom stereocenters. The minimum Gasteiger partial charge on any atom is -0.464 e. The predicted molar refractivity (Wildman–Crippen MR) is 56.5 cm³/mol. The molecule has 0 aliphatic heterocycles. The smallest absolute Gasteiger partial charge is 0.358 e. The van der Waals surface area contributed by atoms with Gasteiger partial charge < -0.3 is 10.5 Å². The van der Waals surface area contributed by atoms with Crippen molar-refractivity contribution in [2.24, 2.45) is 12.8 Å². The maximum atomic E-state index is 11.2. The number of rotatable bonds is 4. The van der Waals surface area contributed by atoms with E-state index in [-0.39, 0.29) is 6.04 Å². The Morgan fingerprint density at radius 3 is 2.93 bits per heavy atom. The number of hydrogen-bond donors (Lipinski definition) is 1. The molecule has 0 spiro atoms. The number of esters is 1. The molecular weight excluding hydrogens is 194 g/mol. The van der Waals surface area contributed by atoms with Gasteiger partial charge >= 0.3 is 5.97 Å². The van der Waals surface area contributed by atoms with Crippen molar-refractivity contribution >= 4 is 5.97 Å². The van der Waals surface area contributed by atoms with Crippen LogP contribution in [0, 0.1) is 0 Å². The minimum absolute atomic E-state index is 0.154. The van der Waals surface area contributed by atoms with Crippen LogP contribution in [-0.2, 0) is 18.2 Å².